The van der Waals surface area contributed by atoms with Crippen LogP contribution in [-0.4, -0.2) is 72.5 Å². The number of halogens is 4. The van der Waals surface area contributed by atoms with E-state index in [0.717, 1.165) is 56.7 Å². The Morgan fingerprint density at radius 1 is 1.03 bits per heavy atom. The fourth-order valence-corrected chi connectivity index (χ4v) is 5.03. The molecule has 0 saturated carbocycles. The number of aromatic nitrogens is 1. The van der Waals surface area contributed by atoms with Crippen molar-refractivity contribution in [3.8, 4) is 0 Å². The van der Waals surface area contributed by atoms with Crippen LogP contribution in [0, 0.1) is 0 Å². The average molecular weight is 540 g/mol. The molecule has 0 radical (unpaired) electrons. The first-order valence-electron chi connectivity index (χ1n) is 12.6. The van der Waals surface area contributed by atoms with Crippen LogP contribution in [0.5, 0.6) is 0 Å². The highest BCUT2D eigenvalue weighted by Gasteiger charge is 2.32. The summed E-state index contributed by atoms with van der Waals surface area (Å²) in [6, 6.07) is 10.6. The van der Waals surface area contributed by atoms with E-state index in [1.807, 2.05) is 17.0 Å². The van der Waals surface area contributed by atoms with E-state index in [4.69, 9.17) is 11.6 Å². The lowest BCUT2D eigenvalue weighted by Gasteiger charge is -2.33. The summed E-state index contributed by atoms with van der Waals surface area (Å²) < 4.78 is 38.7. The molecule has 6 nitrogen and oxygen atoms in total. The molecule has 1 aromatic heterocycles. The van der Waals surface area contributed by atoms with Crippen molar-refractivity contribution in [2.24, 2.45) is 0 Å². The Labute approximate surface area is 222 Å². The highest BCUT2D eigenvalue weighted by Crippen LogP contribution is 2.29. The van der Waals surface area contributed by atoms with Crippen LogP contribution in [0.4, 0.5) is 24.5 Å². The molecule has 37 heavy (non-hydrogen) atoms. The summed E-state index contributed by atoms with van der Waals surface area (Å²) in [6.07, 6.45) is 0.563. The van der Waals surface area contributed by atoms with Crippen LogP contribution >= 0.6 is 11.6 Å². The molecular weight excluding hydrogens is 503 g/mol. The van der Waals surface area contributed by atoms with Gasteiger partial charge in [0.25, 0.3) is 0 Å². The van der Waals surface area contributed by atoms with Crippen molar-refractivity contribution in [1.29, 1.82) is 0 Å². The number of carbonyl (C=O) groups is 1. The number of piperidine rings is 1. The second kappa shape index (κ2) is 13.3. The molecule has 1 aromatic carbocycles. The van der Waals surface area contributed by atoms with Crippen LogP contribution in [0.3, 0.4) is 0 Å². The molecule has 0 spiro atoms. The first kappa shape index (κ1) is 29.0. The lowest BCUT2D eigenvalue weighted by atomic mass is 10.0. The lowest BCUT2D eigenvalue weighted by molar-refractivity contribution is -0.141. The highest BCUT2D eigenvalue weighted by molar-refractivity contribution is 6.30. The second-order valence-corrected chi connectivity index (χ2v) is 9.93. The molecule has 3 heterocycles. The summed E-state index contributed by atoms with van der Waals surface area (Å²) in [7, 11) is 0. The van der Waals surface area contributed by atoms with Crippen LogP contribution < -0.4 is 10.2 Å². The normalized spacial score (nSPS) is 17.7. The first-order valence-corrected chi connectivity index (χ1v) is 13.0. The molecule has 1 N–H and O–H groups in total. The van der Waals surface area contributed by atoms with E-state index in [1.165, 1.54) is 11.9 Å². The van der Waals surface area contributed by atoms with Crippen LogP contribution in [0.25, 0.3) is 0 Å². The molecule has 2 aliphatic heterocycles. The molecule has 1 amide bonds. The number of hydrogen-bond donors (Lipinski definition) is 1. The molecular formula is C27H37ClF3N5O. The van der Waals surface area contributed by atoms with Gasteiger partial charge in [0.05, 0.1) is 0 Å². The minimum atomic E-state index is -4.46. The largest absolute Gasteiger partial charge is 0.433 e. The van der Waals surface area contributed by atoms with E-state index in [9.17, 15) is 18.0 Å². The Hall–Kier alpha value is -2.52. The number of alkyl halides is 3. The Kier molecular flexibility index (Phi) is 10.5. The van der Waals surface area contributed by atoms with Crippen LogP contribution in [0.2, 0.25) is 5.02 Å². The van der Waals surface area contributed by atoms with E-state index in [0.29, 0.717) is 38.0 Å². The SMILES string of the molecule is C.O=C(CCCN1CCCN(c2ccc(Cl)cc2)CC1)N1CCC(Nc2ccnc(C(F)(F)F)c2)CC1. The summed E-state index contributed by atoms with van der Waals surface area (Å²) >= 11 is 6.01. The van der Waals surface area contributed by atoms with Gasteiger partial charge in [-0.2, -0.15) is 13.2 Å². The van der Waals surface area contributed by atoms with Gasteiger partial charge in [-0.25, -0.2) is 0 Å². The van der Waals surface area contributed by atoms with E-state index in [-0.39, 0.29) is 19.4 Å². The molecule has 204 valence electrons. The van der Waals surface area contributed by atoms with E-state index in [2.05, 4.69) is 32.2 Å². The third-order valence-electron chi connectivity index (χ3n) is 6.91. The molecule has 0 aliphatic carbocycles. The summed E-state index contributed by atoms with van der Waals surface area (Å²) in [4.78, 5) is 22.8. The van der Waals surface area contributed by atoms with Gasteiger partial charge in [-0.05, 0) is 75.2 Å². The van der Waals surface area contributed by atoms with Crippen LogP contribution in [0.1, 0.15) is 45.2 Å². The molecule has 2 aromatic rings. The van der Waals surface area contributed by atoms with Gasteiger partial charge in [-0.1, -0.05) is 19.0 Å². The van der Waals surface area contributed by atoms with Crippen LogP contribution in [-0.2, 0) is 11.0 Å². The Morgan fingerprint density at radius 3 is 2.46 bits per heavy atom. The molecule has 0 bridgehead atoms. The van der Waals surface area contributed by atoms with Crippen molar-refractivity contribution in [3.05, 3.63) is 53.3 Å². The standard InChI is InChI=1S/C26H33ClF3N5O.CH4/c27-20-4-6-23(7-5-20)34-14-2-13-33(17-18-34)12-1-3-25(36)35-15-9-21(10-16-35)32-22-8-11-31-24(19-22)26(28,29)30;/h4-8,11,19,21H,1-3,9-10,12-18H2,(H,31,32);1H4. The van der Waals surface area contributed by atoms with E-state index >= 15 is 0 Å². The van der Waals surface area contributed by atoms with Crippen molar-refractivity contribution in [2.75, 3.05) is 56.0 Å². The maximum atomic E-state index is 12.9. The van der Waals surface area contributed by atoms with Gasteiger partial charge in [-0.3, -0.25) is 9.78 Å². The molecule has 0 unspecified atom stereocenters. The summed E-state index contributed by atoms with van der Waals surface area (Å²) in [5.74, 6) is 0.161. The predicted molar refractivity (Wildman–Crippen MR) is 143 cm³/mol. The lowest BCUT2D eigenvalue weighted by Crippen LogP contribution is -2.42. The topological polar surface area (TPSA) is 51.7 Å². The van der Waals surface area contributed by atoms with Crippen molar-refractivity contribution >= 4 is 28.9 Å². The van der Waals surface area contributed by atoms with Crippen molar-refractivity contribution in [2.45, 2.75) is 51.7 Å². The third-order valence-corrected chi connectivity index (χ3v) is 7.17. The number of anilines is 2. The molecule has 2 saturated heterocycles. The Morgan fingerprint density at radius 2 is 1.76 bits per heavy atom. The number of hydrogen-bond acceptors (Lipinski definition) is 5. The van der Waals surface area contributed by atoms with Crippen LogP contribution in [0.15, 0.2) is 42.6 Å². The van der Waals surface area contributed by atoms with Crippen molar-refractivity contribution in [1.82, 2.24) is 14.8 Å². The highest BCUT2D eigenvalue weighted by atomic mass is 35.5. The quantitative estimate of drug-likeness (QED) is 0.483. The number of amides is 1. The monoisotopic (exact) mass is 539 g/mol. The number of rotatable bonds is 7. The number of pyridine rings is 1. The summed E-state index contributed by atoms with van der Waals surface area (Å²) in [5.41, 5.74) is 0.704. The molecule has 4 rings (SSSR count). The molecule has 0 atom stereocenters. The number of nitrogens with one attached hydrogen (secondary N) is 1. The van der Waals surface area contributed by atoms with Gasteiger partial charge >= 0.3 is 6.18 Å². The average Bonchev–Trinajstić information content (AvgIpc) is 3.10. The van der Waals surface area contributed by atoms with Gasteiger partial charge in [0.1, 0.15) is 5.69 Å². The summed E-state index contributed by atoms with van der Waals surface area (Å²) in [6.45, 7) is 6.11. The van der Waals surface area contributed by atoms with Gasteiger partial charge in [0.15, 0.2) is 0 Å². The summed E-state index contributed by atoms with van der Waals surface area (Å²) in [5, 5.41) is 3.91. The number of nitrogens with zero attached hydrogens (tertiary/aromatic N) is 4. The zero-order valence-electron chi connectivity index (χ0n) is 20.3. The molecule has 10 heteroatoms. The maximum absolute atomic E-state index is 12.9. The van der Waals surface area contributed by atoms with Gasteiger partial charge in [-0.15, -0.1) is 0 Å². The van der Waals surface area contributed by atoms with E-state index < -0.39 is 11.9 Å². The Bertz CT molecular complexity index is 996. The second-order valence-electron chi connectivity index (χ2n) is 9.49. The number of likely N-dealkylation sites (tertiary alicyclic amines) is 1. The smallest absolute Gasteiger partial charge is 0.382 e. The fraction of sp³-hybridized carbons (Fsp3) is 0.556. The van der Waals surface area contributed by atoms with Crippen molar-refractivity contribution in [3.63, 3.8) is 0 Å². The van der Waals surface area contributed by atoms with Gasteiger partial charge in [0.2, 0.25) is 5.91 Å². The minimum Gasteiger partial charge on any atom is -0.382 e. The van der Waals surface area contributed by atoms with E-state index in [1.54, 1.807) is 6.07 Å². The number of benzene rings is 1. The van der Waals surface area contributed by atoms with Gasteiger partial charge < -0.3 is 20.0 Å². The first-order chi connectivity index (χ1) is 17.3. The maximum Gasteiger partial charge on any atom is 0.433 e. The number of carbonyl (C=O) groups excluding carboxylic acids is 1. The fourth-order valence-electron chi connectivity index (χ4n) is 4.90. The molecule has 2 aliphatic rings. The minimum absolute atomic E-state index is 0. The molecule has 2 fully saturated rings. The zero-order valence-corrected chi connectivity index (χ0v) is 21.1. The van der Waals surface area contributed by atoms with Gasteiger partial charge in [0, 0.05) is 67.8 Å². The third kappa shape index (κ3) is 8.50. The zero-order chi connectivity index (χ0) is 25.5. The van der Waals surface area contributed by atoms with Crippen molar-refractivity contribution < 1.29 is 18.0 Å². The predicted octanol–water partition coefficient (Wildman–Crippen LogP) is 5.79. The Balaban J connectivity index is 0.00000380.